The van der Waals surface area contributed by atoms with E-state index in [1.165, 1.54) is 0 Å². The fraction of sp³-hybridized carbons (Fsp3) is 0.125. The minimum Gasteiger partial charge on any atom is -0.294 e. The van der Waals surface area contributed by atoms with Crippen LogP contribution in [0.5, 0.6) is 0 Å². The molecule has 0 spiro atoms. The molecule has 0 saturated heterocycles. The van der Waals surface area contributed by atoms with Gasteiger partial charge in [0, 0.05) is 46.3 Å². The Kier molecular flexibility index (Phi) is 3.51. The van der Waals surface area contributed by atoms with Gasteiger partial charge in [0.05, 0.1) is 11.9 Å². The van der Waals surface area contributed by atoms with Crippen LogP contribution in [0.25, 0.3) is 27.1 Å². The molecule has 5 nitrogen and oxygen atoms in total. The Bertz CT molecular complexity index is 938. The molecule has 0 atom stereocenters. The number of nitrogens with zero attached hydrogens (tertiary/aromatic N) is 5. The maximum absolute atomic E-state index is 4.73. The van der Waals surface area contributed by atoms with Crippen LogP contribution < -0.4 is 0 Å². The second kappa shape index (κ2) is 5.68. The van der Waals surface area contributed by atoms with E-state index in [1.807, 2.05) is 11.6 Å². The quantitative estimate of drug-likeness (QED) is 0.563. The highest BCUT2D eigenvalue weighted by Gasteiger charge is 2.16. The van der Waals surface area contributed by atoms with E-state index in [1.54, 1.807) is 41.3 Å². The summed E-state index contributed by atoms with van der Waals surface area (Å²) in [6.45, 7) is 4.19. The third-order valence-corrected chi connectivity index (χ3v) is 5.23. The summed E-state index contributed by atoms with van der Waals surface area (Å²) in [5, 5.41) is 5.92. The Morgan fingerprint density at radius 3 is 2.65 bits per heavy atom. The van der Waals surface area contributed by atoms with Crippen molar-refractivity contribution in [3.8, 4) is 27.1 Å². The molecule has 4 rings (SSSR count). The minimum atomic E-state index is 0.803. The molecular formula is C16H13N5S2. The van der Waals surface area contributed by atoms with E-state index in [0.29, 0.717) is 0 Å². The molecule has 4 aromatic rings. The number of hydrogen-bond donors (Lipinski definition) is 0. The molecule has 0 aliphatic carbocycles. The van der Waals surface area contributed by atoms with Gasteiger partial charge in [0.1, 0.15) is 10.7 Å². The molecule has 0 N–H and O–H groups in total. The van der Waals surface area contributed by atoms with Gasteiger partial charge in [0.25, 0.3) is 0 Å². The maximum atomic E-state index is 4.73. The van der Waals surface area contributed by atoms with E-state index in [9.17, 15) is 0 Å². The highest BCUT2D eigenvalue weighted by atomic mass is 32.1. The zero-order valence-corrected chi connectivity index (χ0v) is 14.2. The van der Waals surface area contributed by atoms with Crippen LogP contribution in [-0.4, -0.2) is 24.5 Å². The molecule has 0 bridgehead atoms. The third kappa shape index (κ3) is 2.47. The molecule has 0 fully saturated rings. The molecule has 0 radical (unpaired) electrons. The number of thiazole rings is 2. The molecule has 114 valence electrons. The molecule has 0 aliphatic rings. The van der Waals surface area contributed by atoms with Crippen LogP contribution in [0.4, 0.5) is 0 Å². The van der Waals surface area contributed by atoms with Crippen molar-refractivity contribution in [2.75, 3.05) is 0 Å². The molecule has 4 heterocycles. The van der Waals surface area contributed by atoms with Crippen LogP contribution in [0.1, 0.15) is 11.4 Å². The van der Waals surface area contributed by atoms with Gasteiger partial charge >= 0.3 is 0 Å². The highest BCUT2D eigenvalue weighted by molar-refractivity contribution is 7.13. The van der Waals surface area contributed by atoms with Crippen molar-refractivity contribution < 1.29 is 0 Å². The monoisotopic (exact) mass is 339 g/mol. The van der Waals surface area contributed by atoms with Crippen LogP contribution in [-0.2, 0) is 0 Å². The standard InChI is InChI=1S/C16H13N5S2/c1-10-7-12(11(2)21(10)16-19-5-6-22-16)14-9-23-15(20-14)13-8-17-3-4-18-13/h3-9H,1-2H3. The summed E-state index contributed by atoms with van der Waals surface area (Å²) >= 11 is 3.21. The Hall–Kier alpha value is -2.38. The van der Waals surface area contributed by atoms with Gasteiger partial charge in [-0.05, 0) is 19.9 Å². The SMILES string of the molecule is Cc1cc(-c2csc(-c3cnccn3)n2)c(C)n1-c1nccs1. The number of hydrogen-bond acceptors (Lipinski definition) is 6. The van der Waals surface area contributed by atoms with Gasteiger partial charge in [-0.1, -0.05) is 0 Å². The summed E-state index contributed by atoms with van der Waals surface area (Å²) in [5.74, 6) is 0. The van der Waals surface area contributed by atoms with Crippen LogP contribution in [0.15, 0.2) is 41.6 Å². The van der Waals surface area contributed by atoms with Crippen molar-refractivity contribution >= 4 is 22.7 Å². The molecule has 4 aromatic heterocycles. The molecular weight excluding hydrogens is 326 g/mol. The summed E-state index contributed by atoms with van der Waals surface area (Å²) in [5.41, 5.74) is 5.20. The van der Waals surface area contributed by atoms with Gasteiger partial charge in [0.15, 0.2) is 5.13 Å². The number of aromatic nitrogens is 5. The van der Waals surface area contributed by atoms with Gasteiger partial charge in [-0.2, -0.15) is 0 Å². The number of rotatable bonds is 3. The van der Waals surface area contributed by atoms with E-state index in [0.717, 1.165) is 38.5 Å². The first kappa shape index (κ1) is 14.2. The Labute approximate surface area is 141 Å². The molecule has 7 heteroatoms. The van der Waals surface area contributed by atoms with Crippen LogP contribution >= 0.6 is 22.7 Å². The zero-order chi connectivity index (χ0) is 15.8. The first-order valence-corrected chi connectivity index (χ1v) is 8.81. The van der Waals surface area contributed by atoms with Crippen LogP contribution in [0.3, 0.4) is 0 Å². The van der Waals surface area contributed by atoms with Crippen molar-refractivity contribution in [1.82, 2.24) is 24.5 Å². The smallest absolute Gasteiger partial charge is 0.193 e. The minimum absolute atomic E-state index is 0.803. The van der Waals surface area contributed by atoms with Crippen molar-refractivity contribution in [3.05, 3.63) is 53.0 Å². The van der Waals surface area contributed by atoms with Crippen LogP contribution in [0, 0.1) is 13.8 Å². The fourth-order valence-corrected chi connectivity index (χ4v) is 4.10. The summed E-state index contributed by atoms with van der Waals surface area (Å²) in [6.07, 6.45) is 6.92. The lowest BCUT2D eigenvalue weighted by atomic mass is 10.2. The molecule has 0 amide bonds. The Morgan fingerprint density at radius 1 is 1.00 bits per heavy atom. The summed E-state index contributed by atoms with van der Waals surface area (Å²) in [4.78, 5) is 17.6. The third-order valence-electron chi connectivity index (χ3n) is 3.60. The average molecular weight is 339 g/mol. The summed E-state index contributed by atoms with van der Waals surface area (Å²) in [6, 6.07) is 2.16. The zero-order valence-electron chi connectivity index (χ0n) is 12.6. The number of aryl methyl sites for hydroxylation is 1. The Morgan fingerprint density at radius 2 is 1.91 bits per heavy atom. The van der Waals surface area contributed by atoms with Gasteiger partial charge in [-0.25, -0.2) is 9.97 Å². The lowest BCUT2D eigenvalue weighted by molar-refractivity contribution is 0.951. The van der Waals surface area contributed by atoms with E-state index in [-0.39, 0.29) is 0 Å². The summed E-state index contributed by atoms with van der Waals surface area (Å²) < 4.78 is 2.17. The first-order chi connectivity index (χ1) is 11.2. The largest absolute Gasteiger partial charge is 0.294 e. The first-order valence-electron chi connectivity index (χ1n) is 7.05. The van der Waals surface area contributed by atoms with Gasteiger partial charge in [-0.15, -0.1) is 22.7 Å². The van der Waals surface area contributed by atoms with Gasteiger partial charge < -0.3 is 0 Å². The maximum Gasteiger partial charge on any atom is 0.193 e. The van der Waals surface area contributed by atoms with Gasteiger partial charge in [0.2, 0.25) is 0 Å². The predicted octanol–water partition coefficient (Wildman–Crippen LogP) is 4.13. The van der Waals surface area contributed by atoms with E-state index < -0.39 is 0 Å². The average Bonchev–Trinajstić information content (AvgIpc) is 3.29. The molecule has 0 saturated carbocycles. The second-order valence-electron chi connectivity index (χ2n) is 5.06. The second-order valence-corrected chi connectivity index (χ2v) is 6.79. The van der Waals surface area contributed by atoms with E-state index in [2.05, 4.69) is 44.8 Å². The van der Waals surface area contributed by atoms with Crippen LogP contribution in [0.2, 0.25) is 0 Å². The van der Waals surface area contributed by atoms with Gasteiger partial charge in [-0.3, -0.25) is 14.5 Å². The van der Waals surface area contributed by atoms with Crippen molar-refractivity contribution in [2.45, 2.75) is 13.8 Å². The molecule has 0 unspecified atom stereocenters. The summed E-state index contributed by atoms with van der Waals surface area (Å²) in [7, 11) is 0. The molecule has 0 aliphatic heterocycles. The van der Waals surface area contributed by atoms with E-state index >= 15 is 0 Å². The fourth-order valence-electron chi connectivity index (χ4n) is 2.57. The topological polar surface area (TPSA) is 56.5 Å². The predicted molar refractivity (Wildman–Crippen MR) is 93.0 cm³/mol. The molecule has 23 heavy (non-hydrogen) atoms. The lowest BCUT2D eigenvalue weighted by Crippen LogP contribution is -1.97. The van der Waals surface area contributed by atoms with E-state index in [4.69, 9.17) is 4.98 Å². The Balaban J connectivity index is 1.78. The molecule has 0 aromatic carbocycles. The normalized spacial score (nSPS) is 11.0. The van der Waals surface area contributed by atoms with Crippen molar-refractivity contribution in [2.24, 2.45) is 0 Å². The lowest BCUT2D eigenvalue weighted by Gasteiger charge is -2.04. The van der Waals surface area contributed by atoms with Crippen molar-refractivity contribution in [3.63, 3.8) is 0 Å². The van der Waals surface area contributed by atoms with Crippen molar-refractivity contribution in [1.29, 1.82) is 0 Å². The highest BCUT2D eigenvalue weighted by Crippen LogP contribution is 2.32.